The lowest BCUT2D eigenvalue weighted by Gasteiger charge is -2.20. The van der Waals surface area contributed by atoms with E-state index in [-0.39, 0.29) is 18.4 Å². The van der Waals surface area contributed by atoms with Gasteiger partial charge in [0, 0.05) is 11.6 Å². The second-order valence-corrected chi connectivity index (χ2v) is 9.66. The number of fused-ring (bicyclic) bond motifs is 3. The van der Waals surface area contributed by atoms with Gasteiger partial charge in [-0.1, -0.05) is 60.7 Å². The van der Waals surface area contributed by atoms with E-state index < -0.39 is 24.2 Å². The Hall–Kier alpha value is -4.21. The molecule has 1 aliphatic rings. The molecule has 2 atom stereocenters. The van der Waals surface area contributed by atoms with Gasteiger partial charge in [0.25, 0.3) is 0 Å². The van der Waals surface area contributed by atoms with Gasteiger partial charge in [0.2, 0.25) is 5.91 Å². The summed E-state index contributed by atoms with van der Waals surface area (Å²) in [7, 11) is 3.06. The molecule has 0 spiro atoms. The number of hydrogen-bond acceptors (Lipinski definition) is 7. The molecule has 0 aromatic heterocycles. The van der Waals surface area contributed by atoms with Crippen molar-refractivity contribution in [1.82, 2.24) is 10.6 Å². The van der Waals surface area contributed by atoms with Crippen LogP contribution in [0.2, 0.25) is 0 Å². The van der Waals surface area contributed by atoms with E-state index in [0.29, 0.717) is 24.1 Å². The molecule has 3 aromatic carbocycles. The van der Waals surface area contributed by atoms with E-state index in [1.165, 1.54) is 19.2 Å². The van der Waals surface area contributed by atoms with Crippen LogP contribution >= 0.6 is 0 Å². The van der Waals surface area contributed by atoms with E-state index in [1.807, 2.05) is 31.3 Å². The number of aliphatic hydroxyl groups excluding tert-OH is 1. The highest BCUT2D eigenvalue weighted by atomic mass is 16.5. The molecule has 4 N–H and O–H groups in total. The highest BCUT2D eigenvalue weighted by molar-refractivity contribution is 5.96. The minimum absolute atomic E-state index is 0.0834. The fourth-order valence-corrected chi connectivity index (χ4v) is 4.93. The Labute approximate surface area is 233 Å². The first kappa shape index (κ1) is 28.8. The second kappa shape index (κ2) is 13.7. The molecule has 0 bridgehead atoms. The molecular weight excluding hydrogens is 510 g/mol. The molecular formula is C31H35N3O6. The normalized spacial score (nSPS) is 13.5. The molecule has 0 saturated carbocycles. The molecule has 40 heavy (non-hydrogen) atoms. The molecule has 9 nitrogen and oxygen atoms in total. The number of aliphatic hydroxyl groups is 1. The van der Waals surface area contributed by atoms with Gasteiger partial charge in [0.15, 0.2) is 6.10 Å². The summed E-state index contributed by atoms with van der Waals surface area (Å²) in [6.45, 7) is 0.946. The lowest BCUT2D eigenvalue weighted by Crippen LogP contribution is -2.44. The molecule has 1 unspecified atom stereocenters. The Kier molecular flexibility index (Phi) is 9.88. The van der Waals surface area contributed by atoms with Crippen molar-refractivity contribution < 1.29 is 29.0 Å². The molecule has 0 fully saturated rings. The van der Waals surface area contributed by atoms with Crippen molar-refractivity contribution in [3.05, 3.63) is 89.5 Å². The maximum Gasteiger partial charge on any atom is 0.407 e. The number of alkyl carbamates (subject to hydrolysis) is 1. The molecule has 0 aliphatic heterocycles. The zero-order valence-electron chi connectivity index (χ0n) is 22.7. The monoisotopic (exact) mass is 545 g/mol. The molecule has 2 amide bonds. The number of carbonyl (C=O) groups excluding carboxylic acids is 3. The van der Waals surface area contributed by atoms with Crippen molar-refractivity contribution in [3.63, 3.8) is 0 Å². The molecule has 210 valence electrons. The Morgan fingerprint density at radius 1 is 0.900 bits per heavy atom. The quantitative estimate of drug-likeness (QED) is 0.199. The van der Waals surface area contributed by atoms with Gasteiger partial charge in [-0.15, -0.1) is 0 Å². The summed E-state index contributed by atoms with van der Waals surface area (Å²) in [6, 6.07) is 21.6. The van der Waals surface area contributed by atoms with Gasteiger partial charge < -0.3 is 30.5 Å². The zero-order chi connectivity index (χ0) is 28.5. The van der Waals surface area contributed by atoms with E-state index in [9.17, 15) is 19.5 Å². The van der Waals surface area contributed by atoms with Crippen molar-refractivity contribution in [2.45, 2.75) is 37.3 Å². The van der Waals surface area contributed by atoms with Gasteiger partial charge in [0.05, 0.1) is 7.11 Å². The maximum atomic E-state index is 13.2. The van der Waals surface area contributed by atoms with Crippen LogP contribution in [0.15, 0.2) is 72.8 Å². The lowest BCUT2D eigenvalue weighted by atomic mass is 9.98. The summed E-state index contributed by atoms with van der Waals surface area (Å²) in [5.41, 5.74) is 5.29. The van der Waals surface area contributed by atoms with Gasteiger partial charge >= 0.3 is 12.1 Å². The first-order chi connectivity index (χ1) is 19.4. The van der Waals surface area contributed by atoms with Crippen LogP contribution in [0.25, 0.3) is 11.1 Å². The second-order valence-electron chi connectivity index (χ2n) is 9.66. The predicted octanol–water partition coefficient (Wildman–Crippen LogP) is 4.13. The molecule has 3 aromatic rings. The number of unbranched alkanes of at least 4 members (excludes halogenated alkanes) is 1. The van der Waals surface area contributed by atoms with E-state index in [4.69, 9.17) is 4.74 Å². The summed E-state index contributed by atoms with van der Waals surface area (Å²) >= 11 is 0. The Bertz CT molecular complexity index is 1280. The number of benzene rings is 3. The minimum atomic E-state index is -1.41. The molecule has 0 saturated heterocycles. The molecule has 9 heteroatoms. The predicted molar refractivity (Wildman–Crippen MR) is 152 cm³/mol. The van der Waals surface area contributed by atoms with Crippen LogP contribution in [-0.2, 0) is 19.1 Å². The van der Waals surface area contributed by atoms with Gasteiger partial charge in [-0.05, 0) is 72.8 Å². The first-order valence-corrected chi connectivity index (χ1v) is 13.4. The average molecular weight is 546 g/mol. The number of anilines is 1. The van der Waals surface area contributed by atoms with Crippen molar-refractivity contribution in [2.75, 3.05) is 32.6 Å². The SMILES string of the molecule is CNCCCC[C@H](NC(=O)OCC1c2ccccc2-c2ccccc21)C(=O)Nc1ccc(C(O)C(=O)OC)cc1. The average Bonchev–Trinajstić information content (AvgIpc) is 3.30. The van der Waals surface area contributed by atoms with E-state index >= 15 is 0 Å². The van der Waals surface area contributed by atoms with E-state index in [1.54, 1.807) is 12.1 Å². The van der Waals surface area contributed by atoms with E-state index in [2.05, 4.69) is 45.0 Å². The summed E-state index contributed by atoms with van der Waals surface area (Å²) in [4.78, 5) is 37.6. The molecule has 0 radical (unpaired) electrons. The Balaban J connectivity index is 1.39. The van der Waals surface area contributed by atoms with Crippen LogP contribution in [0.3, 0.4) is 0 Å². The summed E-state index contributed by atoms with van der Waals surface area (Å²) in [6.07, 6.45) is -0.0896. The van der Waals surface area contributed by atoms with Crippen LogP contribution < -0.4 is 16.0 Å². The highest BCUT2D eigenvalue weighted by Crippen LogP contribution is 2.44. The number of amides is 2. The third kappa shape index (κ3) is 6.86. The van der Waals surface area contributed by atoms with Crippen LogP contribution in [-0.4, -0.2) is 56.4 Å². The molecule has 0 heterocycles. The Morgan fingerprint density at radius 2 is 1.52 bits per heavy atom. The highest BCUT2D eigenvalue weighted by Gasteiger charge is 2.30. The summed E-state index contributed by atoms with van der Waals surface area (Å²) < 4.78 is 10.2. The largest absolute Gasteiger partial charge is 0.467 e. The van der Waals surface area contributed by atoms with E-state index in [0.717, 1.165) is 35.2 Å². The smallest absolute Gasteiger partial charge is 0.407 e. The Morgan fingerprint density at radius 3 is 2.12 bits per heavy atom. The zero-order valence-corrected chi connectivity index (χ0v) is 22.7. The number of ether oxygens (including phenoxy) is 2. The van der Waals surface area contributed by atoms with Crippen molar-refractivity contribution >= 4 is 23.7 Å². The van der Waals surface area contributed by atoms with Crippen LogP contribution in [0.1, 0.15) is 48.0 Å². The molecule has 4 rings (SSSR count). The van der Waals surface area contributed by atoms with Crippen LogP contribution in [0.5, 0.6) is 0 Å². The number of rotatable bonds is 12. The number of carbonyl (C=O) groups is 3. The van der Waals surface area contributed by atoms with Gasteiger partial charge in [-0.2, -0.15) is 0 Å². The van der Waals surface area contributed by atoms with Gasteiger partial charge in [-0.25, -0.2) is 9.59 Å². The maximum absolute atomic E-state index is 13.2. The summed E-state index contributed by atoms with van der Waals surface area (Å²) in [5.74, 6) is -1.25. The third-order valence-corrected chi connectivity index (χ3v) is 7.04. The first-order valence-electron chi connectivity index (χ1n) is 13.4. The number of esters is 1. The minimum Gasteiger partial charge on any atom is -0.467 e. The number of nitrogens with one attached hydrogen (secondary N) is 3. The summed E-state index contributed by atoms with van der Waals surface area (Å²) in [5, 5.41) is 18.6. The third-order valence-electron chi connectivity index (χ3n) is 7.04. The molecule has 1 aliphatic carbocycles. The topological polar surface area (TPSA) is 126 Å². The van der Waals surface area contributed by atoms with Crippen molar-refractivity contribution in [2.24, 2.45) is 0 Å². The number of methoxy groups -OCH3 is 1. The fourth-order valence-electron chi connectivity index (χ4n) is 4.93. The lowest BCUT2D eigenvalue weighted by molar-refractivity contribution is -0.150. The van der Waals surface area contributed by atoms with Crippen LogP contribution in [0.4, 0.5) is 10.5 Å². The van der Waals surface area contributed by atoms with Gasteiger partial charge in [-0.3, -0.25) is 4.79 Å². The van der Waals surface area contributed by atoms with Gasteiger partial charge in [0.1, 0.15) is 12.6 Å². The van der Waals surface area contributed by atoms with Crippen LogP contribution in [0, 0.1) is 0 Å². The number of hydrogen-bond donors (Lipinski definition) is 4. The fraction of sp³-hybridized carbons (Fsp3) is 0.323. The van der Waals surface area contributed by atoms with Crippen molar-refractivity contribution in [3.8, 4) is 11.1 Å². The standard InChI is InChI=1S/C31H35N3O6/c1-32-18-8-7-13-27(29(36)33-21-16-14-20(15-17-21)28(35)30(37)39-2)34-31(38)40-19-26-24-11-5-3-9-22(24)23-10-4-6-12-25(23)26/h3-6,9-12,14-17,26-28,32,35H,7-8,13,18-19H2,1-2H3,(H,33,36)(H,34,38)/t27-,28?/m0/s1. The van der Waals surface area contributed by atoms with Crippen molar-refractivity contribution in [1.29, 1.82) is 0 Å².